The first-order valence-electron chi connectivity index (χ1n) is 5.84. The highest BCUT2D eigenvalue weighted by Crippen LogP contribution is 2.07. The molecule has 2 N–H and O–H groups in total. The highest BCUT2D eigenvalue weighted by molar-refractivity contribution is 5.82. The molecule has 3 nitrogen and oxygen atoms in total. The minimum Gasteiger partial charge on any atom is -0.350 e. The molecular weight excluding hydrogens is 200 g/mol. The minimum atomic E-state index is -0.214. The van der Waals surface area contributed by atoms with E-state index in [0.29, 0.717) is 6.42 Å². The fraction of sp³-hybridized carbons (Fsp3) is 0.769. The van der Waals surface area contributed by atoms with E-state index in [1.165, 1.54) is 0 Å². The summed E-state index contributed by atoms with van der Waals surface area (Å²) in [4.78, 5) is 11.8. The molecule has 0 radical (unpaired) electrons. The van der Waals surface area contributed by atoms with Crippen LogP contribution in [0.1, 0.15) is 47.5 Å². The van der Waals surface area contributed by atoms with E-state index in [4.69, 9.17) is 6.42 Å². The van der Waals surface area contributed by atoms with Crippen molar-refractivity contribution in [2.45, 2.75) is 65.1 Å². The highest BCUT2D eigenvalue weighted by Gasteiger charge is 2.22. The lowest BCUT2D eigenvalue weighted by atomic mass is 10.0. The molecule has 0 spiro atoms. The van der Waals surface area contributed by atoms with E-state index < -0.39 is 0 Å². The maximum atomic E-state index is 11.8. The van der Waals surface area contributed by atoms with Crippen molar-refractivity contribution >= 4 is 5.91 Å². The molecule has 0 bridgehead atoms. The van der Waals surface area contributed by atoms with Gasteiger partial charge < -0.3 is 10.6 Å². The third-order valence-corrected chi connectivity index (χ3v) is 2.70. The van der Waals surface area contributed by atoms with Gasteiger partial charge in [0, 0.05) is 18.0 Å². The molecule has 2 atom stereocenters. The summed E-state index contributed by atoms with van der Waals surface area (Å²) in [5.74, 6) is 2.60. The molecule has 0 saturated carbocycles. The van der Waals surface area contributed by atoms with E-state index >= 15 is 0 Å². The lowest BCUT2D eigenvalue weighted by Crippen LogP contribution is -2.52. The van der Waals surface area contributed by atoms with Crippen LogP contribution in [0.15, 0.2) is 0 Å². The van der Waals surface area contributed by atoms with Gasteiger partial charge in [0.15, 0.2) is 0 Å². The van der Waals surface area contributed by atoms with Gasteiger partial charge in [-0.3, -0.25) is 4.79 Å². The van der Waals surface area contributed by atoms with Crippen molar-refractivity contribution in [3.8, 4) is 12.3 Å². The summed E-state index contributed by atoms with van der Waals surface area (Å²) in [7, 11) is 0. The summed E-state index contributed by atoms with van der Waals surface area (Å²) in [5, 5.41) is 6.17. The molecule has 0 aliphatic heterocycles. The zero-order chi connectivity index (χ0) is 12.8. The number of carbonyl (C=O) groups is 1. The Kier molecular flexibility index (Phi) is 6.13. The highest BCUT2D eigenvalue weighted by atomic mass is 16.2. The number of terminal acetylenes is 1. The maximum Gasteiger partial charge on any atom is 0.237 e. The van der Waals surface area contributed by atoms with Crippen molar-refractivity contribution < 1.29 is 4.79 Å². The van der Waals surface area contributed by atoms with E-state index in [1.807, 2.05) is 27.7 Å². The molecule has 3 heteroatoms. The first-order valence-corrected chi connectivity index (χ1v) is 5.84. The smallest absolute Gasteiger partial charge is 0.237 e. The summed E-state index contributed by atoms with van der Waals surface area (Å²) in [6, 6.07) is -0.0512. The largest absolute Gasteiger partial charge is 0.350 e. The molecule has 1 amide bonds. The van der Waals surface area contributed by atoms with Gasteiger partial charge >= 0.3 is 0 Å². The van der Waals surface area contributed by atoms with E-state index in [0.717, 1.165) is 6.42 Å². The summed E-state index contributed by atoms with van der Waals surface area (Å²) < 4.78 is 0. The normalized spacial score (nSPS) is 15.0. The van der Waals surface area contributed by atoms with Gasteiger partial charge in [0.1, 0.15) is 0 Å². The molecule has 2 unspecified atom stereocenters. The van der Waals surface area contributed by atoms with E-state index in [9.17, 15) is 4.79 Å². The van der Waals surface area contributed by atoms with Gasteiger partial charge in [-0.05, 0) is 34.1 Å². The Morgan fingerprint density at radius 2 is 2.00 bits per heavy atom. The van der Waals surface area contributed by atoms with Crippen molar-refractivity contribution in [2.75, 3.05) is 0 Å². The Hall–Kier alpha value is -1.01. The Bertz CT molecular complexity index is 266. The quantitative estimate of drug-likeness (QED) is 0.674. The lowest BCUT2D eigenvalue weighted by Gasteiger charge is -2.27. The molecule has 0 aliphatic rings. The third kappa shape index (κ3) is 5.77. The predicted octanol–water partition coefficient (Wildman–Crippen LogP) is 1.68. The molecule has 0 aromatic carbocycles. The van der Waals surface area contributed by atoms with Crippen LogP contribution in [0.3, 0.4) is 0 Å². The Morgan fingerprint density at radius 3 is 2.44 bits per heavy atom. The van der Waals surface area contributed by atoms with Crippen molar-refractivity contribution in [3.63, 3.8) is 0 Å². The summed E-state index contributed by atoms with van der Waals surface area (Å²) in [6.45, 7) is 9.92. The zero-order valence-electron chi connectivity index (χ0n) is 11.1. The molecule has 0 aliphatic carbocycles. The Morgan fingerprint density at radius 1 is 1.44 bits per heavy atom. The molecule has 16 heavy (non-hydrogen) atoms. The second kappa shape index (κ2) is 6.55. The average Bonchev–Trinajstić information content (AvgIpc) is 2.17. The minimum absolute atomic E-state index is 0.0238. The SMILES string of the molecule is C#CCC(C)NC(C)C(=O)NC(C)(C)CC. The second-order valence-corrected chi connectivity index (χ2v) is 4.92. The molecule has 0 aromatic heterocycles. The van der Waals surface area contributed by atoms with Crippen LogP contribution in [0, 0.1) is 12.3 Å². The predicted molar refractivity (Wildman–Crippen MR) is 68.0 cm³/mol. The summed E-state index contributed by atoms with van der Waals surface area (Å²) in [6.07, 6.45) is 6.76. The number of carbonyl (C=O) groups excluding carboxylic acids is 1. The molecule has 92 valence electrons. The molecule has 0 saturated heterocycles. The van der Waals surface area contributed by atoms with E-state index in [2.05, 4.69) is 23.5 Å². The summed E-state index contributed by atoms with van der Waals surface area (Å²) >= 11 is 0. The molecule has 0 rings (SSSR count). The Balaban J connectivity index is 4.15. The van der Waals surface area contributed by atoms with Crippen LogP contribution >= 0.6 is 0 Å². The van der Waals surface area contributed by atoms with Gasteiger partial charge in [-0.1, -0.05) is 6.92 Å². The first-order chi connectivity index (χ1) is 7.32. The van der Waals surface area contributed by atoms with Gasteiger partial charge in [0.25, 0.3) is 0 Å². The van der Waals surface area contributed by atoms with Gasteiger partial charge in [-0.25, -0.2) is 0 Å². The van der Waals surface area contributed by atoms with Crippen LogP contribution in [0.2, 0.25) is 0 Å². The Labute approximate surface area is 99.4 Å². The number of amides is 1. The van der Waals surface area contributed by atoms with Crippen molar-refractivity contribution in [3.05, 3.63) is 0 Å². The van der Waals surface area contributed by atoms with Crippen LogP contribution < -0.4 is 10.6 Å². The van der Waals surface area contributed by atoms with Crippen molar-refractivity contribution in [1.29, 1.82) is 0 Å². The van der Waals surface area contributed by atoms with Gasteiger partial charge in [0.05, 0.1) is 6.04 Å². The van der Waals surface area contributed by atoms with E-state index in [-0.39, 0.29) is 23.5 Å². The molecule has 0 fully saturated rings. The van der Waals surface area contributed by atoms with Gasteiger partial charge in [0.2, 0.25) is 5.91 Å². The van der Waals surface area contributed by atoms with Crippen LogP contribution in [0.25, 0.3) is 0 Å². The lowest BCUT2D eigenvalue weighted by molar-refractivity contribution is -0.124. The van der Waals surface area contributed by atoms with Crippen LogP contribution in [-0.2, 0) is 4.79 Å². The van der Waals surface area contributed by atoms with Crippen LogP contribution in [0.5, 0.6) is 0 Å². The molecule has 0 heterocycles. The fourth-order valence-corrected chi connectivity index (χ4v) is 1.27. The number of nitrogens with one attached hydrogen (secondary N) is 2. The molecule has 0 aromatic rings. The fourth-order valence-electron chi connectivity index (χ4n) is 1.27. The molecular formula is C13H24N2O. The van der Waals surface area contributed by atoms with Gasteiger partial charge in [-0.2, -0.15) is 0 Å². The monoisotopic (exact) mass is 224 g/mol. The number of rotatable bonds is 6. The van der Waals surface area contributed by atoms with Crippen LogP contribution in [0.4, 0.5) is 0 Å². The van der Waals surface area contributed by atoms with E-state index in [1.54, 1.807) is 0 Å². The van der Waals surface area contributed by atoms with Crippen molar-refractivity contribution in [1.82, 2.24) is 10.6 Å². The number of hydrogen-bond donors (Lipinski definition) is 2. The van der Waals surface area contributed by atoms with Gasteiger partial charge in [-0.15, -0.1) is 12.3 Å². The number of hydrogen-bond acceptors (Lipinski definition) is 2. The maximum absolute atomic E-state index is 11.8. The standard InChI is InChI=1S/C13H24N2O/c1-7-9-10(3)14-11(4)12(16)15-13(5,6)8-2/h1,10-11,14H,8-9H2,2-6H3,(H,15,16). The summed E-state index contributed by atoms with van der Waals surface area (Å²) in [5.41, 5.74) is -0.150. The average molecular weight is 224 g/mol. The third-order valence-electron chi connectivity index (χ3n) is 2.70. The second-order valence-electron chi connectivity index (χ2n) is 4.92. The van der Waals surface area contributed by atoms with Crippen LogP contribution in [-0.4, -0.2) is 23.5 Å². The zero-order valence-corrected chi connectivity index (χ0v) is 11.1. The topological polar surface area (TPSA) is 41.1 Å². The first kappa shape index (κ1) is 15.0. The van der Waals surface area contributed by atoms with Crippen molar-refractivity contribution in [2.24, 2.45) is 0 Å².